The summed E-state index contributed by atoms with van der Waals surface area (Å²) in [6.45, 7) is 0.513. The second-order valence-electron chi connectivity index (χ2n) is 4.53. The van der Waals surface area contributed by atoms with E-state index in [2.05, 4.69) is 10.0 Å². The maximum Gasteiger partial charge on any atom is 0.242 e. The molecule has 3 N–H and O–H groups in total. The molecular formula is C15H18N2O3S. The Morgan fingerprint density at radius 2 is 1.62 bits per heavy atom. The minimum absolute atomic E-state index is 0.0109. The number of nitrogens with one attached hydrogen (secondary N) is 2. The predicted molar refractivity (Wildman–Crippen MR) is 82.4 cm³/mol. The second-order valence-corrected chi connectivity index (χ2v) is 6.39. The highest BCUT2D eigenvalue weighted by Crippen LogP contribution is 2.21. The zero-order valence-corrected chi connectivity index (χ0v) is 12.5. The molecule has 0 heterocycles. The van der Waals surface area contributed by atoms with Crippen molar-refractivity contribution in [2.45, 2.75) is 18.0 Å². The lowest BCUT2D eigenvalue weighted by atomic mass is 10.1. The topological polar surface area (TPSA) is 78.4 Å². The van der Waals surface area contributed by atoms with E-state index in [0.717, 1.165) is 11.1 Å². The van der Waals surface area contributed by atoms with Gasteiger partial charge >= 0.3 is 0 Å². The van der Waals surface area contributed by atoms with Crippen molar-refractivity contribution in [3.63, 3.8) is 0 Å². The normalized spacial score (nSPS) is 11.3. The minimum Gasteiger partial charge on any atom is -0.392 e. The fourth-order valence-corrected chi connectivity index (χ4v) is 2.82. The number of hydrogen-bond donors (Lipinski definition) is 3. The van der Waals surface area contributed by atoms with Crippen LogP contribution in [-0.2, 0) is 23.2 Å². The molecule has 0 amide bonds. The highest BCUT2D eigenvalue weighted by Gasteiger charge is 2.15. The molecule has 0 saturated carbocycles. The molecule has 6 heteroatoms. The molecule has 0 unspecified atom stereocenters. The van der Waals surface area contributed by atoms with Crippen molar-refractivity contribution in [3.8, 4) is 0 Å². The molecule has 112 valence electrons. The first-order valence-electron chi connectivity index (χ1n) is 6.52. The van der Waals surface area contributed by atoms with Gasteiger partial charge in [0.2, 0.25) is 10.0 Å². The molecule has 0 fully saturated rings. The first-order chi connectivity index (χ1) is 10.1. The molecule has 0 aliphatic rings. The van der Waals surface area contributed by atoms with Crippen molar-refractivity contribution in [2.24, 2.45) is 0 Å². The van der Waals surface area contributed by atoms with E-state index in [-0.39, 0.29) is 11.5 Å². The van der Waals surface area contributed by atoms with Gasteiger partial charge in [-0.25, -0.2) is 13.1 Å². The number of aliphatic hydroxyl groups is 1. The Hall–Kier alpha value is -1.89. The molecule has 0 aromatic heterocycles. The third-order valence-electron chi connectivity index (χ3n) is 3.13. The van der Waals surface area contributed by atoms with Gasteiger partial charge in [-0.15, -0.1) is 0 Å². The fraction of sp³-hybridized carbons (Fsp3) is 0.200. The molecule has 0 aliphatic carbocycles. The average molecular weight is 306 g/mol. The molecule has 2 aromatic carbocycles. The van der Waals surface area contributed by atoms with Crippen LogP contribution >= 0.6 is 0 Å². The maximum absolute atomic E-state index is 11.9. The fourth-order valence-electron chi connectivity index (χ4n) is 1.92. The quantitative estimate of drug-likeness (QED) is 0.759. The largest absolute Gasteiger partial charge is 0.392 e. The van der Waals surface area contributed by atoms with E-state index in [0.29, 0.717) is 12.2 Å². The summed E-state index contributed by atoms with van der Waals surface area (Å²) < 4.78 is 26.2. The predicted octanol–water partition coefficient (Wildman–Crippen LogP) is 1.70. The Morgan fingerprint density at radius 1 is 1.00 bits per heavy atom. The number of para-hydroxylation sites is 1. The number of benzene rings is 2. The summed E-state index contributed by atoms with van der Waals surface area (Å²) in [5.74, 6) is 0. The molecule has 0 spiro atoms. The number of anilines is 1. The SMILES string of the molecule is CNS(=O)(=O)c1ccccc1NCc1ccc(CO)cc1. The number of sulfonamides is 1. The Bertz CT molecular complexity index is 697. The lowest BCUT2D eigenvalue weighted by molar-refractivity contribution is 0.282. The van der Waals surface area contributed by atoms with E-state index in [1.54, 1.807) is 24.3 Å². The van der Waals surface area contributed by atoms with Gasteiger partial charge in [0, 0.05) is 6.54 Å². The zero-order valence-electron chi connectivity index (χ0n) is 11.7. The van der Waals surface area contributed by atoms with E-state index in [4.69, 9.17) is 5.11 Å². The van der Waals surface area contributed by atoms with Crippen LogP contribution in [0.4, 0.5) is 5.69 Å². The molecule has 2 rings (SSSR count). The summed E-state index contributed by atoms with van der Waals surface area (Å²) in [6, 6.07) is 14.2. The van der Waals surface area contributed by atoms with Gasteiger partial charge in [-0.2, -0.15) is 0 Å². The molecule has 5 nitrogen and oxygen atoms in total. The van der Waals surface area contributed by atoms with Crippen molar-refractivity contribution < 1.29 is 13.5 Å². The Balaban J connectivity index is 2.16. The van der Waals surface area contributed by atoms with Crippen LogP contribution in [0.15, 0.2) is 53.4 Å². The van der Waals surface area contributed by atoms with Gasteiger partial charge in [0.1, 0.15) is 4.90 Å². The van der Waals surface area contributed by atoms with Crippen LogP contribution in [-0.4, -0.2) is 20.6 Å². The van der Waals surface area contributed by atoms with Gasteiger partial charge < -0.3 is 10.4 Å². The second kappa shape index (κ2) is 6.71. The van der Waals surface area contributed by atoms with Crippen molar-refractivity contribution in [3.05, 3.63) is 59.7 Å². The monoisotopic (exact) mass is 306 g/mol. The summed E-state index contributed by atoms with van der Waals surface area (Å²) in [5, 5.41) is 12.1. The molecule has 0 atom stereocenters. The molecule has 0 bridgehead atoms. The first kappa shape index (κ1) is 15.5. The average Bonchev–Trinajstić information content (AvgIpc) is 2.53. The molecule has 0 aliphatic heterocycles. The van der Waals surface area contributed by atoms with Gasteiger partial charge in [-0.1, -0.05) is 36.4 Å². The van der Waals surface area contributed by atoms with Crippen LogP contribution in [0, 0.1) is 0 Å². The highest BCUT2D eigenvalue weighted by atomic mass is 32.2. The van der Waals surface area contributed by atoms with Crippen molar-refractivity contribution in [1.82, 2.24) is 4.72 Å². The minimum atomic E-state index is -3.49. The molecule has 0 saturated heterocycles. The van der Waals surface area contributed by atoms with E-state index in [9.17, 15) is 8.42 Å². The maximum atomic E-state index is 11.9. The van der Waals surface area contributed by atoms with E-state index in [1.807, 2.05) is 24.3 Å². The zero-order chi connectivity index (χ0) is 15.3. The summed E-state index contributed by atoms with van der Waals surface area (Å²) in [7, 11) is -2.10. The summed E-state index contributed by atoms with van der Waals surface area (Å²) in [6.07, 6.45) is 0. The van der Waals surface area contributed by atoms with Crippen molar-refractivity contribution in [2.75, 3.05) is 12.4 Å². The highest BCUT2D eigenvalue weighted by molar-refractivity contribution is 7.89. The molecule has 0 radical (unpaired) electrons. The molecule has 21 heavy (non-hydrogen) atoms. The van der Waals surface area contributed by atoms with Gasteiger partial charge in [0.05, 0.1) is 12.3 Å². The van der Waals surface area contributed by atoms with Gasteiger partial charge in [0.25, 0.3) is 0 Å². The van der Waals surface area contributed by atoms with Crippen LogP contribution in [0.2, 0.25) is 0 Å². The number of rotatable bonds is 6. The third-order valence-corrected chi connectivity index (χ3v) is 4.61. The standard InChI is InChI=1S/C15H18N2O3S/c1-16-21(19,20)15-5-3-2-4-14(15)17-10-12-6-8-13(11-18)9-7-12/h2-9,16-18H,10-11H2,1H3. The summed E-state index contributed by atoms with van der Waals surface area (Å²) in [4.78, 5) is 0.222. The number of aliphatic hydroxyl groups excluding tert-OH is 1. The van der Waals surface area contributed by atoms with Crippen LogP contribution < -0.4 is 10.0 Å². The van der Waals surface area contributed by atoms with Gasteiger partial charge in [0.15, 0.2) is 0 Å². The molecule has 2 aromatic rings. The van der Waals surface area contributed by atoms with Crippen LogP contribution in [0.1, 0.15) is 11.1 Å². The number of hydrogen-bond acceptors (Lipinski definition) is 4. The van der Waals surface area contributed by atoms with Crippen molar-refractivity contribution in [1.29, 1.82) is 0 Å². The van der Waals surface area contributed by atoms with E-state index in [1.165, 1.54) is 7.05 Å². The Kier molecular flexibility index (Phi) is 4.95. The lowest BCUT2D eigenvalue weighted by Crippen LogP contribution is -2.20. The lowest BCUT2D eigenvalue weighted by Gasteiger charge is -2.12. The van der Waals surface area contributed by atoms with Crippen molar-refractivity contribution >= 4 is 15.7 Å². The van der Waals surface area contributed by atoms with Gasteiger partial charge in [-0.05, 0) is 30.3 Å². The summed E-state index contributed by atoms with van der Waals surface area (Å²) in [5.41, 5.74) is 2.40. The van der Waals surface area contributed by atoms with Crippen LogP contribution in [0.3, 0.4) is 0 Å². The first-order valence-corrected chi connectivity index (χ1v) is 8.00. The third kappa shape index (κ3) is 3.81. The van der Waals surface area contributed by atoms with E-state index >= 15 is 0 Å². The Morgan fingerprint density at radius 3 is 2.24 bits per heavy atom. The molecular weight excluding hydrogens is 288 g/mol. The summed E-state index contributed by atoms with van der Waals surface area (Å²) >= 11 is 0. The van der Waals surface area contributed by atoms with Crippen LogP contribution in [0.5, 0.6) is 0 Å². The van der Waals surface area contributed by atoms with Gasteiger partial charge in [-0.3, -0.25) is 0 Å². The van der Waals surface area contributed by atoms with Crippen LogP contribution in [0.25, 0.3) is 0 Å². The van der Waals surface area contributed by atoms with E-state index < -0.39 is 10.0 Å². The Labute approximate surface area is 124 Å². The smallest absolute Gasteiger partial charge is 0.242 e.